The minimum absolute atomic E-state index is 0.218. The SMILES string of the molecule is CCOc1ccc(NC(=O)Cn2c(=O)n(-c3ccc(C)cc3C)c(=O)c3sccc32)cc1. The van der Waals surface area contributed by atoms with E-state index in [0.717, 1.165) is 15.7 Å². The zero-order valence-corrected chi connectivity index (χ0v) is 18.9. The van der Waals surface area contributed by atoms with Crippen molar-refractivity contribution in [2.24, 2.45) is 0 Å². The highest BCUT2D eigenvalue weighted by molar-refractivity contribution is 7.17. The van der Waals surface area contributed by atoms with Crippen molar-refractivity contribution in [2.45, 2.75) is 27.3 Å². The largest absolute Gasteiger partial charge is 0.494 e. The van der Waals surface area contributed by atoms with Gasteiger partial charge in [0, 0.05) is 5.69 Å². The summed E-state index contributed by atoms with van der Waals surface area (Å²) >= 11 is 1.25. The first-order valence-electron chi connectivity index (χ1n) is 10.2. The number of aromatic nitrogens is 2. The van der Waals surface area contributed by atoms with Crippen LogP contribution in [-0.4, -0.2) is 21.6 Å². The molecule has 2 aromatic heterocycles. The predicted molar refractivity (Wildman–Crippen MR) is 127 cm³/mol. The van der Waals surface area contributed by atoms with E-state index in [-0.39, 0.29) is 18.0 Å². The van der Waals surface area contributed by atoms with Gasteiger partial charge >= 0.3 is 5.69 Å². The Morgan fingerprint density at radius 3 is 2.50 bits per heavy atom. The normalized spacial score (nSPS) is 11.0. The molecular weight excluding hydrogens is 426 g/mol. The van der Waals surface area contributed by atoms with E-state index in [2.05, 4.69) is 5.32 Å². The van der Waals surface area contributed by atoms with Gasteiger partial charge < -0.3 is 10.1 Å². The fourth-order valence-electron chi connectivity index (χ4n) is 3.65. The average Bonchev–Trinajstić information content (AvgIpc) is 3.24. The molecule has 0 aliphatic rings. The van der Waals surface area contributed by atoms with Crippen LogP contribution in [0.25, 0.3) is 15.9 Å². The summed E-state index contributed by atoms with van der Waals surface area (Å²) in [6.07, 6.45) is 0. The van der Waals surface area contributed by atoms with Gasteiger partial charge in [-0.05, 0) is 68.1 Å². The number of hydrogen-bond acceptors (Lipinski definition) is 5. The zero-order valence-electron chi connectivity index (χ0n) is 18.0. The smallest absolute Gasteiger partial charge is 0.336 e. The van der Waals surface area contributed by atoms with Gasteiger partial charge in [0.2, 0.25) is 5.91 Å². The van der Waals surface area contributed by atoms with Crippen molar-refractivity contribution in [1.82, 2.24) is 9.13 Å². The number of ether oxygens (including phenoxy) is 1. The van der Waals surface area contributed by atoms with E-state index in [1.54, 1.807) is 41.8 Å². The van der Waals surface area contributed by atoms with Crippen molar-refractivity contribution in [3.05, 3.63) is 85.9 Å². The van der Waals surface area contributed by atoms with Crippen LogP contribution < -0.4 is 21.3 Å². The molecule has 0 bridgehead atoms. The molecule has 2 heterocycles. The molecular formula is C24H23N3O4S. The molecule has 164 valence electrons. The molecule has 0 spiro atoms. The summed E-state index contributed by atoms with van der Waals surface area (Å²) in [5, 5.41) is 4.55. The third-order valence-electron chi connectivity index (χ3n) is 5.10. The second kappa shape index (κ2) is 8.84. The van der Waals surface area contributed by atoms with E-state index in [1.807, 2.05) is 32.9 Å². The second-order valence-corrected chi connectivity index (χ2v) is 8.36. The molecule has 0 unspecified atom stereocenters. The second-order valence-electron chi connectivity index (χ2n) is 7.44. The van der Waals surface area contributed by atoms with Crippen LogP contribution in [0.1, 0.15) is 18.1 Å². The first-order valence-corrected chi connectivity index (χ1v) is 11.1. The van der Waals surface area contributed by atoms with Crippen molar-refractivity contribution in [1.29, 1.82) is 0 Å². The number of nitrogens with zero attached hydrogens (tertiary/aromatic N) is 2. The molecule has 0 aliphatic carbocycles. The number of rotatable bonds is 6. The maximum absolute atomic E-state index is 13.4. The number of thiophene rings is 1. The van der Waals surface area contributed by atoms with Crippen LogP contribution in [0.4, 0.5) is 5.69 Å². The maximum atomic E-state index is 13.4. The predicted octanol–water partition coefficient (Wildman–Crippen LogP) is 3.87. The number of amides is 1. The molecule has 0 radical (unpaired) electrons. The first kappa shape index (κ1) is 21.6. The fraction of sp³-hybridized carbons (Fsp3) is 0.208. The van der Waals surface area contributed by atoms with Crippen molar-refractivity contribution in [2.75, 3.05) is 11.9 Å². The number of anilines is 1. The summed E-state index contributed by atoms with van der Waals surface area (Å²) in [5.41, 5.74) is 2.48. The monoisotopic (exact) mass is 449 g/mol. The molecule has 4 aromatic rings. The zero-order chi connectivity index (χ0) is 22.8. The van der Waals surface area contributed by atoms with E-state index in [9.17, 15) is 14.4 Å². The number of carbonyl (C=O) groups is 1. The minimum atomic E-state index is -0.547. The molecule has 0 fully saturated rings. The van der Waals surface area contributed by atoms with Gasteiger partial charge in [0.05, 0.1) is 17.8 Å². The van der Waals surface area contributed by atoms with Crippen molar-refractivity contribution in [3.63, 3.8) is 0 Å². The van der Waals surface area contributed by atoms with Gasteiger partial charge in [-0.2, -0.15) is 0 Å². The van der Waals surface area contributed by atoms with Crippen LogP contribution in [0.15, 0.2) is 63.5 Å². The van der Waals surface area contributed by atoms with Gasteiger partial charge in [-0.15, -0.1) is 11.3 Å². The van der Waals surface area contributed by atoms with E-state index in [1.165, 1.54) is 15.9 Å². The summed E-state index contributed by atoms with van der Waals surface area (Å²) in [6.45, 7) is 6.05. The van der Waals surface area contributed by atoms with Gasteiger partial charge in [-0.1, -0.05) is 17.7 Å². The van der Waals surface area contributed by atoms with Crippen molar-refractivity contribution >= 4 is 33.1 Å². The number of hydrogen-bond donors (Lipinski definition) is 1. The Hall–Kier alpha value is -3.65. The average molecular weight is 450 g/mol. The van der Waals surface area contributed by atoms with Crippen LogP contribution in [0.3, 0.4) is 0 Å². The van der Waals surface area contributed by atoms with Crippen LogP contribution in [0.5, 0.6) is 5.75 Å². The number of fused-ring (bicyclic) bond motifs is 1. The lowest BCUT2D eigenvalue weighted by Gasteiger charge is -2.14. The highest BCUT2D eigenvalue weighted by Crippen LogP contribution is 2.19. The Labute approximate surface area is 188 Å². The van der Waals surface area contributed by atoms with Crippen LogP contribution in [-0.2, 0) is 11.3 Å². The molecule has 32 heavy (non-hydrogen) atoms. The summed E-state index contributed by atoms with van der Waals surface area (Å²) in [7, 11) is 0. The van der Waals surface area contributed by atoms with Gasteiger partial charge in [0.1, 0.15) is 17.0 Å². The minimum Gasteiger partial charge on any atom is -0.494 e. The highest BCUT2D eigenvalue weighted by Gasteiger charge is 2.18. The summed E-state index contributed by atoms with van der Waals surface area (Å²) in [6, 6.07) is 14.2. The fourth-order valence-corrected chi connectivity index (χ4v) is 4.48. The molecule has 0 aliphatic heterocycles. The van der Waals surface area contributed by atoms with Crippen LogP contribution in [0, 0.1) is 13.8 Å². The summed E-state index contributed by atoms with van der Waals surface area (Å²) in [5.74, 6) is 0.344. The lowest BCUT2D eigenvalue weighted by Crippen LogP contribution is -2.40. The Morgan fingerprint density at radius 1 is 1.06 bits per heavy atom. The van der Waals surface area contributed by atoms with Crippen molar-refractivity contribution in [3.8, 4) is 11.4 Å². The Kier molecular flexibility index (Phi) is 5.96. The molecule has 4 rings (SSSR count). The summed E-state index contributed by atoms with van der Waals surface area (Å²) in [4.78, 5) is 39.3. The van der Waals surface area contributed by atoms with E-state index < -0.39 is 5.69 Å². The molecule has 0 saturated carbocycles. The lowest BCUT2D eigenvalue weighted by molar-refractivity contribution is -0.116. The van der Waals surface area contributed by atoms with E-state index >= 15 is 0 Å². The molecule has 7 nitrogen and oxygen atoms in total. The maximum Gasteiger partial charge on any atom is 0.336 e. The Morgan fingerprint density at radius 2 is 1.81 bits per heavy atom. The van der Waals surface area contributed by atoms with E-state index in [0.29, 0.717) is 33.9 Å². The third kappa shape index (κ3) is 4.09. The molecule has 8 heteroatoms. The van der Waals surface area contributed by atoms with Gasteiger partial charge in [0.15, 0.2) is 0 Å². The topological polar surface area (TPSA) is 82.3 Å². The molecule has 2 aromatic carbocycles. The number of aryl methyl sites for hydroxylation is 2. The Bertz CT molecular complexity index is 1410. The number of nitrogens with one attached hydrogen (secondary N) is 1. The molecule has 0 saturated heterocycles. The molecule has 1 amide bonds. The van der Waals surface area contributed by atoms with Gasteiger partial charge in [-0.3, -0.25) is 14.2 Å². The highest BCUT2D eigenvalue weighted by atomic mass is 32.1. The molecule has 1 N–H and O–H groups in total. The van der Waals surface area contributed by atoms with Gasteiger partial charge in [0.25, 0.3) is 5.56 Å². The van der Waals surface area contributed by atoms with Crippen molar-refractivity contribution < 1.29 is 9.53 Å². The quantitative estimate of drug-likeness (QED) is 0.485. The first-order chi connectivity index (χ1) is 15.4. The molecule has 0 atom stereocenters. The van der Waals surface area contributed by atoms with Crippen LogP contribution in [0.2, 0.25) is 0 Å². The standard InChI is InChI=1S/C24H23N3O4S/c1-4-31-18-8-6-17(7-9-18)25-21(28)14-26-20-11-12-32-22(20)23(29)27(24(26)30)19-10-5-15(2)13-16(19)3/h5-13H,4,14H2,1-3H3,(H,25,28). The number of carbonyl (C=O) groups excluding carboxylic acids is 1. The summed E-state index contributed by atoms with van der Waals surface area (Å²) < 4.78 is 8.33. The number of benzene rings is 2. The lowest BCUT2D eigenvalue weighted by atomic mass is 10.1. The third-order valence-corrected chi connectivity index (χ3v) is 5.99. The van der Waals surface area contributed by atoms with Crippen LogP contribution >= 0.6 is 11.3 Å². The Balaban J connectivity index is 1.72. The van der Waals surface area contributed by atoms with Gasteiger partial charge in [-0.25, -0.2) is 9.36 Å². The van der Waals surface area contributed by atoms with E-state index in [4.69, 9.17) is 4.74 Å².